The van der Waals surface area contributed by atoms with Crippen LogP contribution in [-0.2, 0) is 0 Å². The maximum Gasteiger partial charge on any atom is 0.319 e. The predicted molar refractivity (Wildman–Crippen MR) is 76.6 cm³/mol. The molecule has 104 valence electrons. The number of aromatic hydroxyl groups is 1. The first kappa shape index (κ1) is 13.7. The second-order valence-corrected chi connectivity index (χ2v) is 5.39. The minimum Gasteiger partial charge on any atom is -0.508 e. The maximum atomic E-state index is 12.0. The minimum atomic E-state index is -0.149. The Labute approximate surface area is 114 Å². The first-order valence-corrected chi connectivity index (χ1v) is 6.94. The van der Waals surface area contributed by atoms with Gasteiger partial charge in [0.15, 0.2) is 0 Å². The molecule has 0 saturated heterocycles. The Morgan fingerprint density at radius 1 is 1.16 bits per heavy atom. The molecule has 1 fully saturated rings. The number of carbonyl (C=O) groups excluding carboxylic acids is 1. The van der Waals surface area contributed by atoms with Gasteiger partial charge in [-0.1, -0.05) is 19.3 Å². The van der Waals surface area contributed by atoms with E-state index in [1.807, 2.05) is 13.8 Å². The van der Waals surface area contributed by atoms with Gasteiger partial charge in [-0.15, -0.1) is 0 Å². The molecule has 0 radical (unpaired) electrons. The number of rotatable bonds is 2. The van der Waals surface area contributed by atoms with Crippen molar-refractivity contribution in [3.8, 4) is 5.75 Å². The third kappa shape index (κ3) is 3.63. The highest BCUT2D eigenvalue weighted by Crippen LogP contribution is 2.25. The van der Waals surface area contributed by atoms with Gasteiger partial charge in [0.2, 0.25) is 0 Å². The zero-order valence-electron chi connectivity index (χ0n) is 11.6. The molecule has 2 amide bonds. The summed E-state index contributed by atoms with van der Waals surface area (Å²) in [5, 5.41) is 15.4. The van der Waals surface area contributed by atoms with Gasteiger partial charge in [-0.25, -0.2) is 4.79 Å². The number of phenols is 1. The lowest BCUT2D eigenvalue weighted by Crippen LogP contribution is -2.39. The Balaban J connectivity index is 1.98. The average molecular weight is 262 g/mol. The predicted octanol–water partition coefficient (Wildman–Crippen LogP) is 3.46. The fourth-order valence-electron chi connectivity index (χ4n) is 2.72. The molecule has 4 nitrogen and oxygen atoms in total. The molecule has 19 heavy (non-hydrogen) atoms. The van der Waals surface area contributed by atoms with E-state index in [-0.39, 0.29) is 11.8 Å². The fraction of sp³-hybridized carbons (Fsp3) is 0.533. The third-order valence-corrected chi connectivity index (χ3v) is 3.70. The van der Waals surface area contributed by atoms with Gasteiger partial charge in [0, 0.05) is 11.7 Å². The Bertz CT molecular complexity index is 442. The number of amides is 2. The van der Waals surface area contributed by atoms with Crippen LogP contribution in [0.25, 0.3) is 0 Å². The number of hydrogen-bond donors (Lipinski definition) is 3. The second kappa shape index (κ2) is 5.95. The van der Waals surface area contributed by atoms with E-state index in [0.717, 1.165) is 29.7 Å². The Kier molecular flexibility index (Phi) is 4.30. The number of anilines is 1. The van der Waals surface area contributed by atoms with Gasteiger partial charge in [-0.2, -0.15) is 0 Å². The lowest BCUT2D eigenvalue weighted by molar-refractivity contribution is 0.244. The number of hydrogen-bond acceptors (Lipinski definition) is 2. The molecular formula is C15H22N2O2. The molecule has 0 spiro atoms. The Morgan fingerprint density at radius 2 is 1.74 bits per heavy atom. The summed E-state index contributed by atoms with van der Waals surface area (Å²) in [4.78, 5) is 12.0. The van der Waals surface area contributed by atoms with Crippen LogP contribution in [0.4, 0.5) is 10.5 Å². The van der Waals surface area contributed by atoms with Crippen molar-refractivity contribution in [2.24, 2.45) is 0 Å². The quantitative estimate of drug-likeness (QED) is 0.715. The number of aryl methyl sites for hydroxylation is 2. The van der Waals surface area contributed by atoms with E-state index in [4.69, 9.17) is 0 Å². The number of nitrogens with one attached hydrogen (secondary N) is 2. The van der Waals surface area contributed by atoms with Gasteiger partial charge in [-0.05, 0) is 49.9 Å². The zero-order chi connectivity index (χ0) is 13.8. The van der Waals surface area contributed by atoms with E-state index in [1.165, 1.54) is 19.3 Å². The zero-order valence-corrected chi connectivity index (χ0v) is 11.6. The molecule has 1 aliphatic rings. The van der Waals surface area contributed by atoms with Crippen LogP contribution in [0, 0.1) is 13.8 Å². The fourth-order valence-corrected chi connectivity index (χ4v) is 2.72. The van der Waals surface area contributed by atoms with Crippen molar-refractivity contribution >= 4 is 11.7 Å². The summed E-state index contributed by atoms with van der Waals surface area (Å²) in [6, 6.07) is 3.46. The second-order valence-electron chi connectivity index (χ2n) is 5.39. The van der Waals surface area contributed by atoms with Crippen LogP contribution in [0.15, 0.2) is 12.1 Å². The smallest absolute Gasteiger partial charge is 0.319 e. The topological polar surface area (TPSA) is 61.4 Å². The molecule has 0 aromatic heterocycles. The van der Waals surface area contributed by atoms with E-state index < -0.39 is 0 Å². The number of phenolic OH excluding ortho intramolecular Hbond substituents is 1. The normalized spacial score (nSPS) is 16.1. The first-order chi connectivity index (χ1) is 9.06. The number of benzene rings is 1. The van der Waals surface area contributed by atoms with E-state index in [1.54, 1.807) is 12.1 Å². The number of urea groups is 1. The van der Waals surface area contributed by atoms with Crippen molar-refractivity contribution in [2.45, 2.75) is 52.0 Å². The molecule has 1 aliphatic carbocycles. The van der Waals surface area contributed by atoms with Crippen molar-refractivity contribution < 1.29 is 9.90 Å². The van der Waals surface area contributed by atoms with Crippen molar-refractivity contribution in [3.63, 3.8) is 0 Å². The van der Waals surface area contributed by atoms with Gasteiger partial charge >= 0.3 is 6.03 Å². The average Bonchev–Trinajstić information content (AvgIpc) is 2.35. The van der Waals surface area contributed by atoms with Gasteiger partial charge in [0.05, 0.1) is 0 Å². The molecule has 1 saturated carbocycles. The number of carbonyl (C=O) groups is 1. The van der Waals surface area contributed by atoms with Gasteiger partial charge in [0.1, 0.15) is 5.75 Å². The van der Waals surface area contributed by atoms with Crippen molar-refractivity contribution in [1.82, 2.24) is 5.32 Å². The van der Waals surface area contributed by atoms with Crippen LogP contribution in [0.2, 0.25) is 0 Å². The third-order valence-electron chi connectivity index (χ3n) is 3.70. The molecule has 0 heterocycles. The van der Waals surface area contributed by atoms with Crippen LogP contribution in [-0.4, -0.2) is 17.2 Å². The van der Waals surface area contributed by atoms with Crippen LogP contribution < -0.4 is 10.6 Å². The lowest BCUT2D eigenvalue weighted by atomic mass is 9.96. The summed E-state index contributed by atoms with van der Waals surface area (Å²) in [6.07, 6.45) is 5.81. The summed E-state index contributed by atoms with van der Waals surface area (Å²) in [6.45, 7) is 3.76. The van der Waals surface area contributed by atoms with Crippen LogP contribution in [0.5, 0.6) is 5.75 Å². The molecule has 1 aromatic rings. The SMILES string of the molecule is Cc1cc(O)cc(C)c1NC(=O)NC1CCCCC1. The van der Waals surface area contributed by atoms with E-state index >= 15 is 0 Å². The van der Waals surface area contributed by atoms with E-state index in [0.29, 0.717) is 6.04 Å². The molecule has 4 heteroatoms. The molecule has 0 atom stereocenters. The lowest BCUT2D eigenvalue weighted by Gasteiger charge is -2.23. The molecule has 0 unspecified atom stereocenters. The Morgan fingerprint density at radius 3 is 2.32 bits per heavy atom. The summed E-state index contributed by atoms with van der Waals surface area (Å²) in [5.41, 5.74) is 2.53. The van der Waals surface area contributed by atoms with E-state index in [9.17, 15) is 9.90 Å². The summed E-state index contributed by atoms with van der Waals surface area (Å²) < 4.78 is 0. The molecular weight excluding hydrogens is 240 g/mol. The highest BCUT2D eigenvalue weighted by atomic mass is 16.3. The van der Waals surface area contributed by atoms with Crippen molar-refractivity contribution in [3.05, 3.63) is 23.3 Å². The largest absolute Gasteiger partial charge is 0.508 e. The monoisotopic (exact) mass is 262 g/mol. The van der Waals surface area contributed by atoms with Gasteiger partial charge in [-0.3, -0.25) is 0 Å². The maximum absolute atomic E-state index is 12.0. The summed E-state index contributed by atoms with van der Waals surface area (Å²) >= 11 is 0. The van der Waals surface area contributed by atoms with Crippen LogP contribution >= 0.6 is 0 Å². The standard InChI is InChI=1S/C15H22N2O2/c1-10-8-13(18)9-11(2)14(10)17-15(19)16-12-6-4-3-5-7-12/h8-9,12,18H,3-7H2,1-2H3,(H2,16,17,19). The van der Waals surface area contributed by atoms with Gasteiger partial charge < -0.3 is 15.7 Å². The minimum absolute atomic E-state index is 0.149. The summed E-state index contributed by atoms with van der Waals surface area (Å²) in [7, 11) is 0. The van der Waals surface area contributed by atoms with Crippen LogP contribution in [0.1, 0.15) is 43.2 Å². The molecule has 1 aromatic carbocycles. The molecule has 0 bridgehead atoms. The van der Waals surface area contributed by atoms with Crippen LogP contribution in [0.3, 0.4) is 0 Å². The van der Waals surface area contributed by atoms with Crippen molar-refractivity contribution in [1.29, 1.82) is 0 Å². The Hall–Kier alpha value is -1.71. The highest BCUT2D eigenvalue weighted by molar-refractivity contribution is 5.91. The molecule has 3 N–H and O–H groups in total. The molecule has 0 aliphatic heterocycles. The van der Waals surface area contributed by atoms with Gasteiger partial charge in [0.25, 0.3) is 0 Å². The highest BCUT2D eigenvalue weighted by Gasteiger charge is 2.16. The molecule has 2 rings (SSSR count). The van der Waals surface area contributed by atoms with Crippen molar-refractivity contribution in [2.75, 3.05) is 5.32 Å². The van der Waals surface area contributed by atoms with E-state index in [2.05, 4.69) is 10.6 Å². The first-order valence-electron chi connectivity index (χ1n) is 6.94. The summed E-state index contributed by atoms with van der Waals surface area (Å²) in [5.74, 6) is 0.230.